The number of hydrogen-bond acceptors (Lipinski definition) is 2. The fourth-order valence-corrected chi connectivity index (χ4v) is 5.47. The molecule has 6 unspecified atom stereocenters. The van der Waals surface area contributed by atoms with Crippen molar-refractivity contribution >= 4 is 0 Å². The van der Waals surface area contributed by atoms with E-state index in [-0.39, 0.29) is 0 Å². The Bertz CT molecular complexity index is 453. The molecule has 0 amide bonds. The summed E-state index contributed by atoms with van der Waals surface area (Å²) in [5.74, 6) is 2.85. The number of nitrogens with zero attached hydrogens (tertiary/aromatic N) is 1. The van der Waals surface area contributed by atoms with Crippen LogP contribution in [0.25, 0.3) is 0 Å². The molecule has 1 N–H and O–H groups in total. The van der Waals surface area contributed by atoms with Gasteiger partial charge in [-0.3, -0.25) is 0 Å². The highest BCUT2D eigenvalue weighted by atomic mass is 15.1. The highest BCUT2D eigenvalue weighted by Crippen LogP contribution is 2.54. The molecule has 6 atom stereocenters. The molecule has 1 fully saturated rings. The van der Waals surface area contributed by atoms with Crippen LogP contribution in [-0.2, 0) is 0 Å². The number of allylic oxidation sites excluding steroid dienone is 2. The van der Waals surface area contributed by atoms with Crippen molar-refractivity contribution in [1.82, 2.24) is 10.2 Å². The first-order valence-electron chi connectivity index (χ1n) is 10.3. The summed E-state index contributed by atoms with van der Waals surface area (Å²) in [6.07, 6.45) is 6.10. The maximum absolute atomic E-state index is 4.33. The Morgan fingerprint density at radius 1 is 1.28 bits per heavy atom. The molecule has 0 heterocycles. The van der Waals surface area contributed by atoms with E-state index in [4.69, 9.17) is 0 Å². The van der Waals surface area contributed by atoms with Crippen molar-refractivity contribution < 1.29 is 0 Å². The Kier molecular flexibility index (Phi) is 8.25. The second kappa shape index (κ2) is 9.26. The van der Waals surface area contributed by atoms with Gasteiger partial charge in [-0.05, 0) is 82.2 Å². The SMILES string of the molecule is C=C(CCC(C(CC)N(C)C)C1(C)CC(C(=C)C)C(C)CC1C)NC. The molecule has 2 heteroatoms. The van der Waals surface area contributed by atoms with Crippen molar-refractivity contribution in [3.05, 3.63) is 24.4 Å². The van der Waals surface area contributed by atoms with Crippen molar-refractivity contribution in [3.63, 3.8) is 0 Å². The maximum Gasteiger partial charge on any atom is 0.0120 e. The highest BCUT2D eigenvalue weighted by molar-refractivity contribution is 5.07. The molecular formula is C23H44N2. The first kappa shape index (κ1) is 22.3. The van der Waals surface area contributed by atoms with Crippen molar-refractivity contribution in [1.29, 1.82) is 0 Å². The first-order valence-corrected chi connectivity index (χ1v) is 10.3. The fourth-order valence-electron chi connectivity index (χ4n) is 5.47. The zero-order valence-electron chi connectivity index (χ0n) is 18.3. The molecule has 0 aliphatic heterocycles. The van der Waals surface area contributed by atoms with Gasteiger partial charge in [0.25, 0.3) is 0 Å². The second-order valence-corrected chi connectivity index (χ2v) is 9.21. The summed E-state index contributed by atoms with van der Waals surface area (Å²) in [4.78, 5) is 2.46. The summed E-state index contributed by atoms with van der Waals surface area (Å²) in [6.45, 7) is 20.6. The molecule has 2 nitrogen and oxygen atoms in total. The topological polar surface area (TPSA) is 15.3 Å². The Morgan fingerprint density at radius 2 is 1.88 bits per heavy atom. The van der Waals surface area contributed by atoms with E-state index >= 15 is 0 Å². The monoisotopic (exact) mass is 348 g/mol. The lowest BCUT2D eigenvalue weighted by Crippen LogP contribution is -2.50. The van der Waals surface area contributed by atoms with E-state index in [1.165, 1.54) is 31.3 Å². The van der Waals surface area contributed by atoms with Crippen LogP contribution in [0.1, 0.15) is 66.7 Å². The third-order valence-corrected chi connectivity index (χ3v) is 7.33. The molecule has 0 bridgehead atoms. The summed E-state index contributed by atoms with van der Waals surface area (Å²) >= 11 is 0. The van der Waals surface area contributed by atoms with Gasteiger partial charge in [0.05, 0.1) is 0 Å². The lowest BCUT2D eigenvalue weighted by Gasteiger charge is -2.54. The van der Waals surface area contributed by atoms with Crippen LogP contribution in [0, 0.1) is 29.1 Å². The van der Waals surface area contributed by atoms with Crippen LogP contribution in [0.3, 0.4) is 0 Å². The van der Waals surface area contributed by atoms with E-state index in [0.717, 1.165) is 24.0 Å². The molecule has 1 aliphatic rings. The molecule has 1 rings (SSSR count). The predicted molar refractivity (Wildman–Crippen MR) is 113 cm³/mol. The summed E-state index contributed by atoms with van der Waals surface area (Å²) in [6, 6.07) is 0.622. The van der Waals surface area contributed by atoms with Gasteiger partial charge in [-0.1, -0.05) is 46.4 Å². The molecule has 0 aromatic heterocycles. The quantitative estimate of drug-likeness (QED) is 0.536. The smallest absolute Gasteiger partial charge is 0.0120 e. The Hall–Kier alpha value is -0.760. The Labute approximate surface area is 158 Å². The summed E-state index contributed by atoms with van der Waals surface area (Å²) < 4.78 is 0. The van der Waals surface area contributed by atoms with Gasteiger partial charge >= 0.3 is 0 Å². The van der Waals surface area contributed by atoms with Crippen LogP contribution >= 0.6 is 0 Å². The van der Waals surface area contributed by atoms with Crippen LogP contribution in [0.15, 0.2) is 24.4 Å². The Morgan fingerprint density at radius 3 is 2.32 bits per heavy atom. The standard InChI is InChI=1S/C23H44N2/c1-11-22(25(9)10)21(13-12-19(6)24-8)23(7)15-20(16(2)3)17(4)14-18(23)5/h17-18,20-22,24H,2,6,11-15H2,1,3-5,7-10H3. The second-order valence-electron chi connectivity index (χ2n) is 9.21. The third-order valence-electron chi connectivity index (χ3n) is 7.33. The molecule has 0 spiro atoms. The van der Waals surface area contributed by atoms with Crippen LogP contribution in [0.2, 0.25) is 0 Å². The third kappa shape index (κ3) is 5.12. The minimum absolute atomic E-state index is 0.356. The number of hydrogen-bond donors (Lipinski definition) is 1. The van der Waals surface area contributed by atoms with Gasteiger partial charge in [-0.2, -0.15) is 0 Å². The Balaban J connectivity index is 3.18. The number of nitrogens with one attached hydrogen (secondary N) is 1. The van der Waals surface area contributed by atoms with Crippen LogP contribution in [-0.4, -0.2) is 32.1 Å². The van der Waals surface area contributed by atoms with Gasteiger partial charge in [0.2, 0.25) is 0 Å². The molecule has 0 aromatic carbocycles. The lowest BCUT2D eigenvalue weighted by atomic mass is 9.53. The number of rotatable bonds is 9. The van der Waals surface area contributed by atoms with Gasteiger partial charge in [0.15, 0.2) is 0 Å². The molecule has 146 valence electrons. The predicted octanol–water partition coefficient (Wildman–Crippen LogP) is 5.72. The normalized spacial score (nSPS) is 32.3. The van der Waals surface area contributed by atoms with Crippen molar-refractivity contribution in [3.8, 4) is 0 Å². The molecule has 0 radical (unpaired) electrons. The molecular weight excluding hydrogens is 304 g/mol. The zero-order valence-corrected chi connectivity index (χ0v) is 18.3. The molecule has 25 heavy (non-hydrogen) atoms. The first-order chi connectivity index (χ1) is 11.6. The van der Waals surface area contributed by atoms with E-state index < -0.39 is 0 Å². The van der Waals surface area contributed by atoms with Gasteiger partial charge < -0.3 is 10.2 Å². The maximum atomic E-state index is 4.33. The average Bonchev–Trinajstić information content (AvgIpc) is 2.53. The van der Waals surface area contributed by atoms with E-state index in [2.05, 4.69) is 72.1 Å². The highest BCUT2D eigenvalue weighted by Gasteiger charge is 2.48. The van der Waals surface area contributed by atoms with Gasteiger partial charge in [-0.25, -0.2) is 0 Å². The van der Waals surface area contributed by atoms with Gasteiger partial charge in [-0.15, -0.1) is 0 Å². The largest absolute Gasteiger partial charge is 0.392 e. The summed E-state index contributed by atoms with van der Waals surface area (Å²) in [5, 5.41) is 3.25. The lowest BCUT2D eigenvalue weighted by molar-refractivity contribution is -0.0308. The van der Waals surface area contributed by atoms with E-state index in [0.29, 0.717) is 23.3 Å². The van der Waals surface area contributed by atoms with E-state index in [1.54, 1.807) is 0 Å². The summed E-state index contributed by atoms with van der Waals surface area (Å²) in [5.41, 5.74) is 2.90. The van der Waals surface area contributed by atoms with Crippen molar-refractivity contribution in [2.24, 2.45) is 29.1 Å². The average molecular weight is 349 g/mol. The van der Waals surface area contributed by atoms with Gasteiger partial charge in [0, 0.05) is 18.8 Å². The molecule has 1 aliphatic carbocycles. The molecule has 0 saturated heterocycles. The van der Waals surface area contributed by atoms with Crippen molar-refractivity contribution in [2.45, 2.75) is 72.8 Å². The summed E-state index contributed by atoms with van der Waals surface area (Å²) in [7, 11) is 6.50. The van der Waals surface area contributed by atoms with E-state index in [9.17, 15) is 0 Å². The van der Waals surface area contributed by atoms with Crippen LogP contribution in [0.5, 0.6) is 0 Å². The van der Waals surface area contributed by atoms with Crippen LogP contribution in [0.4, 0.5) is 0 Å². The van der Waals surface area contributed by atoms with E-state index in [1.807, 2.05) is 7.05 Å². The minimum Gasteiger partial charge on any atom is -0.392 e. The minimum atomic E-state index is 0.356. The van der Waals surface area contributed by atoms with Crippen LogP contribution < -0.4 is 5.32 Å². The fraction of sp³-hybridized carbons (Fsp3) is 0.826. The molecule has 0 aromatic rings. The molecule has 1 saturated carbocycles. The van der Waals surface area contributed by atoms with Gasteiger partial charge in [0.1, 0.15) is 0 Å². The zero-order chi connectivity index (χ0) is 19.4. The van der Waals surface area contributed by atoms with Crippen molar-refractivity contribution in [2.75, 3.05) is 21.1 Å².